The van der Waals surface area contributed by atoms with Crippen LogP contribution in [0.4, 0.5) is 17.1 Å². The lowest BCUT2D eigenvalue weighted by molar-refractivity contribution is 0.669. The van der Waals surface area contributed by atoms with E-state index >= 15 is 0 Å². The van der Waals surface area contributed by atoms with Crippen LogP contribution in [0.5, 0.6) is 0 Å². The summed E-state index contributed by atoms with van der Waals surface area (Å²) < 4.78 is 6.73. The van der Waals surface area contributed by atoms with Crippen LogP contribution in [0, 0.1) is 0 Å². The van der Waals surface area contributed by atoms with Crippen LogP contribution >= 0.6 is 0 Å². The minimum Gasteiger partial charge on any atom is -0.456 e. The van der Waals surface area contributed by atoms with E-state index in [0.717, 1.165) is 55.7 Å². The average Bonchev–Trinajstić information content (AvgIpc) is 3.71. The molecule has 0 bridgehead atoms. The molecule has 12 aromatic rings. The molecular weight excluding hydrogens is 727 g/mol. The van der Waals surface area contributed by atoms with Crippen LogP contribution < -0.4 is 4.90 Å². The molecule has 0 aliphatic carbocycles. The fraction of sp³-hybridized carbons (Fsp3) is 0. The SMILES string of the molecule is c1ccc(-c2ccc(N(c3ccc4oc5ccccc5c4c3-c3cc4ccccc4c4ccccc34)c3c(-c4ccccc4)c4ccccc4c4ccccc34)cc2)cc1. The molecule has 12 rings (SSSR count). The molecule has 0 unspecified atom stereocenters. The van der Waals surface area contributed by atoms with Crippen molar-refractivity contribution in [1.29, 1.82) is 0 Å². The standard InChI is InChI=1S/C58H37NO/c1-3-17-38(18-4-1)39-31-33-42(34-32-39)59(58-49-28-14-12-25-46(49)45-24-11-13-27-48(45)55(58)40-19-5-2-6-20-40)52-35-36-54-57(50-29-15-16-30-53(50)60-54)56(52)51-37-41-21-7-8-22-43(41)44-23-9-10-26-47(44)51/h1-37H. The van der Waals surface area contributed by atoms with Crippen molar-refractivity contribution in [2.24, 2.45) is 0 Å². The van der Waals surface area contributed by atoms with Gasteiger partial charge in [0.05, 0.1) is 11.4 Å². The summed E-state index contributed by atoms with van der Waals surface area (Å²) in [5.41, 5.74) is 12.0. The Bertz CT molecular complexity index is 3590. The zero-order valence-corrected chi connectivity index (χ0v) is 32.7. The Morgan fingerprint density at radius 3 is 1.55 bits per heavy atom. The number of rotatable bonds is 6. The van der Waals surface area contributed by atoms with Gasteiger partial charge in [-0.2, -0.15) is 0 Å². The van der Waals surface area contributed by atoms with E-state index in [1.807, 2.05) is 0 Å². The van der Waals surface area contributed by atoms with E-state index in [-0.39, 0.29) is 0 Å². The molecule has 60 heavy (non-hydrogen) atoms. The molecule has 2 heteroatoms. The van der Waals surface area contributed by atoms with Crippen LogP contribution in [0.2, 0.25) is 0 Å². The summed E-state index contributed by atoms with van der Waals surface area (Å²) in [5, 5.41) is 11.9. The van der Waals surface area contributed by atoms with E-state index in [9.17, 15) is 0 Å². The molecule has 0 saturated carbocycles. The highest BCUT2D eigenvalue weighted by atomic mass is 16.3. The summed E-state index contributed by atoms with van der Waals surface area (Å²) in [6.07, 6.45) is 0. The number of nitrogens with zero attached hydrogens (tertiary/aromatic N) is 1. The molecule has 0 amide bonds. The first-order valence-electron chi connectivity index (χ1n) is 20.6. The van der Waals surface area contributed by atoms with E-state index in [2.05, 4.69) is 229 Å². The van der Waals surface area contributed by atoms with Gasteiger partial charge in [-0.05, 0) is 96.4 Å². The fourth-order valence-corrected chi connectivity index (χ4v) is 9.60. The van der Waals surface area contributed by atoms with Gasteiger partial charge >= 0.3 is 0 Å². The maximum atomic E-state index is 6.73. The Labute approximate surface area is 347 Å². The van der Waals surface area contributed by atoms with Gasteiger partial charge in [-0.25, -0.2) is 0 Å². The minimum atomic E-state index is 0.859. The zero-order valence-electron chi connectivity index (χ0n) is 32.7. The topological polar surface area (TPSA) is 16.4 Å². The summed E-state index contributed by atoms with van der Waals surface area (Å²) in [6.45, 7) is 0. The highest BCUT2D eigenvalue weighted by Gasteiger charge is 2.28. The summed E-state index contributed by atoms with van der Waals surface area (Å²) in [4.78, 5) is 2.53. The molecule has 0 aliphatic heterocycles. The van der Waals surface area contributed by atoms with E-state index < -0.39 is 0 Å². The monoisotopic (exact) mass is 763 g/mol. The number of para-hydroxylation sites is 1. The van der Waals surface area contributed by atoms with Crippen LogP contribution in [0.1, 0.15) is 0 Å². The lowest BCUT2D eigenvalue weighted by Gasteiger charge is -2.32. The van der Waals surface area contributed by atoms with Crippen LogP contribution in [0.3, 0.4) is 0 Å². The minimum absolute atomic E-state index is 0.859. The number of hydrogen-bond acceptors (Lipinski definition) is 2. The number of anilines is 3. The Morgan fingerprint density at radius 1 is 0.317 bits per heavy atom. The molecule has 0 atom stereocenters. The quantitative estimate of drug-likeness (QED) is 0.157. The lowest BCUT2D eigenvalue weighted by Crippen LogP contribution is -2.14. The van der Waals surface area contributed by atoms with Crippen LogP contribution in [-0.4, -0.2) is 0 Å². The molecule has 280 valence electrons. The second kappa shape index (κ2) is 13.9. The predicted molar refractivity (Wildman–Crippen MR) is 255 cm³/mol. The summed E-state index contributed by atoms with van der Waals surface area (Å²) in [6, 6.07) is 81.4. The van der Waals surface area contributed by atoms with Gasteiger partial charge in [0.25, 0.3) is 0 Å². The van der Waals surface area contributed by atoms with Crippen molar-refractivity contribution in [1.82, 2.24) is 0 Å². The number of hydrogen-bond donors (Lipinski definition) is 0. The van der Waals surface area contributed by atoms with Gasteiger partial charge in [0, 0.05) is 33.0 Å². The molecule has 0 aliphatic rings. The highest BCUT2D eigenvalue weighted by molar-refractivity contribution is 6.26. The third-order valence-electron chi connectivity index (χ3n) is 12.2. The molecule has 0 fully saturated rings. The molecule has 0 N–H and O–H groups in total. The smallest absolute Gasteiger partial charge is 0.136 e. The first kappa shape index (κ1) is 34.1. The third-order valence-corrected chi connectivity index (χ3v) is 12.2. The van der Waals surface area contributed by atoms with Crippen LogP contribution in [0.15, 0.2) is 229 Å². The predicted octanol–water partition coefficient (Wildman–Crippen LogP) is 16.7. The normalized spacial score (nSPS) is 11.7. The summed E-state index contributed by atoms with van der Waals surface area (Å²) >= 11 is 0. The molecule has 1 aromatic heterocycles. The second-order valence-corrected chi connectivity index (χ2v) is 15.6. The van der Waals surface area contributed by atoms with Crippen LogP contribution in [0.25, 0.3) is 98.4 Å². The first-order valence-corrected chi connectivity index (χ1v) is 20.6. The first-order chi connectivity index (χ1) is 29.8. The van der Waals surface area contributed by atoms with E-state index in [1.165, 1.54) is 59.8 Å². The fourth-order valence-electron chi connectivity index (χ4n) is 9.60. The Kier molecular flexibility index (Phi) is 7.89. The summed E-state index contributed by atoms with van der Waals surface area (Å²) in [5.74, 6) is 0. The summed E-state index contributed by atoms with van der Waals surface area (Å²) in [7, 11) is 0. The molecule has 0 saturated heterocycles. The number of benzene rings is 11. The van der Waals surface area contributed by atoms with Crippen LogP contribution in [-0.2, 0) is 0 Å². The molecule has 0 radical (unpaired) electrons. The van der Waals surface area contributed by atoms with Crippen molar-refractivity contribution in [2.75, 3.05) is 4.90 Å². The molecule has 0 spiro atoms. The highest BCUT2D eigenvalue weighted by Crippen LogP contribution is 2.54. The van der Waals surface area contributed by atoms with Gasteiger partial charge in [-0.15, -0.1) is 0 Å². The van der Waals surface area contributed by atoms with Crippen molar-refractivity contribution in [3.05, 3.63) is 224 Å². The third kappa shape index (κ3) is 5.35. The van der Waals surface area contributed by atoms with E-state index in [0.29, 0.717) is 0 Å². The van der Waals surface area contributed by atoms with E-state index in [1.54, 1.807) is 0 Å². The van der Waals surface area contributed by atoms with Gasteiger partial charge in [-0.1, -0.05) is 188 Å². The maximum absolute atomic E-state index is 6.73. The number of fused-ring (bicyclic) bond motifs is 9. The number of furan rings is 1. The van der Waals surface area contributed by atoms with Crippen molar-refractivity contribution >= 4 is 82.1 Å². The largest absolute Gasteiger partial charge is 0.456 e. The molecule has 1 heterocycles. The Morgan fingerprint density at radius 2 is 0.833 bits per heavy atom. The van der Waals surface area contributed by atoms with Gasteiger partial charge < -0.3 is 9.32 Å². The maximum Gasteiger partial charge on any atom is 0.136 e. The van der Waals surface area contributed by atoms with Crippen molar-refractivity contribution < 1.29 is 4.42 Å². The van der Waals surface area contributed by atoms with E-state index in [4.69, 9.17) is 4.42 Å². The molecule has 11 aromatic carbocycles. The Hall–Kier alpha value is -7.94. The van der Waals surface area contributed by atoms with Crippen molar-refractivity contribution in [3.63, 3.8) is 0 Å². The Balaban J connectivity index is 1.28. The molecular formula is C58H37NO. The molecule has 2 nitrogen and oxygen atoms in total. The van der Waals surface area contributed by atoms with Gasteiger partial charge in [0.1, 0.15) is 11.2 Å². The average molecular weight is 764 g/mol. The van der Waals surface area contributed by atoms with Gasteiger partial charge in [-0.3, -0.25) is 0 Å². The van der Waals surface area contributed by atoms with Gasteiger partial charge in [0.15, 0.2) is 0 Å². The van der Waals surface area contributed by atoms with Gasteiger partial charge in [0.2, 0.25) is 0 Å². The zero-order chi connectivity index (χ0) is 39.6. The van der Waals surface area contributed by atoms with Crippen molar-refractivity contribution in [3.8, 4) is 33.4 Å². The second-order valence-electron chi connectivity index (χ2n) is 15.6. The van der Waals surface area contributed by atoms with Crippen molar-refractivity contribution in [2.45, 2.75) is 0 Å². The lowest BCUT2D eigenvalue weighted by atomic mass is 9.87.